The van der Waals surface area contributed by atoms with E-state index in [1.807, 2.05) is 0 Å². The number of thiazole rings is 1. The summed E-state index contributed by atoms with van der Waals surface area (Å²) < 4.78 is 24.8. The molecule has 0 saturated carbocycles. The van der Waals surface area contributed by atoms with E-state index in [2.05, 4.69) is 15.3 Å². The Hall–Kier alpha value is -1.82. The van der Waals surface area contributed by atoms with E-state index >= 15 is 0 Å². The zero-order valence-corrected chi connectivity index (χ0v) is 18.5. The number of amides is 1. The molecule has 3 rings (SSSR count). The number of aryl methyl sites for hydroxylation is 1. The molecule has 13 heteroatoms. The molecule has 2 aromatic rings. The molecule has 2 aromatic heterocycles. The normalized spacial score (nSPS) is 19.9. The molecule has 2 atom stereocenters. The Balaban J connectivity index is 1.80. The molecule has 0 aromatic carbocycles. The molecule has 9 nitrogen and oxygen atoms in total. The van der Waals surface area contributed by atoms with Crippen LogP contribution < -0.4 is 10.2 Å². The average Bonchev–Trinajstić information content (AvgIpc) is 3.23. The van der Waals surface area contributed by atoms with Gasteiger partial charge in [0, 0.05) is 31.1 Å². The van der Waals surface area contributed by atoms with E-state index in [1.165, 1.54) is 6.20 Å². The number of piperidine rings is 1. The van der Waals surface area contributed by atoms with Crippen molar-refractivity contribution < 1.29 is 23.1 Å². The van der Waals surface area contributed by atoms with Gasteiger partial charge in [0.25, 0.3) is 5.91 Å². The lowest BCUT2D eigenvalue weighted by molar-refractivity contribution is 0.0701. The fraction of sp³-hybridized carbons (Fsp3) is 0.438. The van der Waals surface area contributed by atoms with Crippen LogP contribution in [0.25, 0.3) is 0 Å². The molecule has 2 unspecified atom stereocenters. The van der Waals surface area contributed by atoms with E-state index in [1.54, 1.807) is 11.8 Å². The second-order valence-corrected chi connectivity index (χ2v) is 10.8. The number of hydrogen-bond donors (Lipinski definition) is 3. The van der Waals surface area contributed by atoms with Gasteiger partial charge in [0.1, 0.15) is 10.6 Å². The molecule has 0 bridgehead atoms. The van der Waals surface area contributed by atoms with Gasteiger partial charge >= 0.3 is 5.97 Å². The van der Waals surface area contributed by atoms with E-state index in [9.17, 15) is 18.0 Å². The van der Waals surface area contributed by atoms with Gasteiger partial charge in [-0.2, -0.15) is 0 Å². The van der Waals surface area contributed by atoms with E-state index in [4.69, 9.17) is 28.3 Å². The Kier molecular flexibility index (Phi) is 6.13. The number of hydrogen-bond acceptors (Lipinski definition) is 7. The van der Waals surface area contributed by atoms with Crippen molar-refractivity contribution in [3.05, 3.63) is 32.5 Å². The number of nitrogens with one attached hydrogen (secondary N) is 2. The minimum Gasteiger partial charge on any atom is -0.477 e. The number of nitrogens with zero attached hydrogens (tertiary/aromatic N) is 2. The Morgan fingerprint density at radius 3 is 2.59 bits per heavy atom. The van der Waals surface area contributed by atoms with Gasteiger partial charge in [-0.05, 0) is 13.3 Å². The first-order chi connectivity index (χ1) is 13.5. The average molecular weight is 481 g/mol. The first-order valence-corrected chi connectivity index (χ1v) is 12.0. The Labute approximate surface area is 180 Å². The number of sulfone groups is 1. The predicted octanol–water partition coefficient (Wildman–Crippen LogP) is 2.21. The zero-order valence-electron chi connectivity index (χ0n) is 15.4. The number of aromatic carboxylic acids is 1. The second-order valence-electron chi connectivity index (χ2n) is 6.75. The zero-order chi connectivity index (χ0) is 21.5. The van der Waals surface area contributed by atoms with Crippen molar-refractivity contribution >= 4 is 61.4 Å². The van der Waals surface area contributed by atoms with Crippen molar-refractivity contribution in [2.75, 3.05) is 24.2 Å². The molecule has 158 valence electrons. The highest BCUT2D eigenvalue weighted by Crippen LogP contribution is 2.30. The van der Waals surface area contributed by atoms with Crippen molar-refractivity contribution in [1.82, 2.24) is 15.3 Å². The summed E-state index contributed by atoms with van der Waals surface area (Å²) in [7, 11) is -3.53. The van der Waals surface area contributed by atoms with Crippen LogP contribution in [0.5, 0.6) is 0 Å². The number of aromatic nitrogens is 2. The number of carbonyl (C=O) groups excluding carboxylic acids is 1. The number of halogens is 2. The maximum atomic E-state index is 12.6. The van der Waals surface area contributed by atoms with Crippen molar-refractivity contribution in [1.29, 1.82) is 0 Å². The summed E-state index contributed by atoms with van der Waals surface area (Å²) in [6.45, 7) is 2.15. The van der Waals surface area contributed by atoms with Crippen molar-refractivity contribution in [3.63, 3.8) is 0 Å². The fourth-order valence-corrected chi connectivity index (χ4v) is 5.63. The van der Waals surface area contributed by atoms with E-state index < -0.39 is 33.0 Å². The topological polar surface area (TPSA) is 132 Å². The Bertz CT molecular complexity index is 1070. The quantitative estimate of drug-likeness (QED) is 0.597. The van der Waals surface area contributed by atoms with Gasteiger partial charge in [-0.25, -0.2) is 18.2 Å². The summed E-state index contributed by atoms with van der Waals surface area (Å²) in [4.78, 5) is 32.4. The van der Waals surface area contributed by atoms with Crippen LogP contribution in [-0.4, -0.2) is 66.0 Å². The monoisotopic (exact) mass is 480 g/mol. The van der Waals surface area contributed by atoms with Crippen LogP contribution in [0.1, 0.15) is 32.3 Å². The predicted molar refractivity (Wildman–Crippen MR) is 111 cm³/mol. The molecule has 3 N–H and O–H groups in total. The third-order valence-corrected chi connectivity index (χ3v) is 8.25. The van der Waals surface area contributed by atoms with Crippen LogP contribution in [0, 0.1) is 6.92 Å². The van der Waals surface area contributed by atoms with Crippen LogP contribution in [0.15, 0.2) is 6.20 Å². The summed E-state index contributed by atoms with van der Waals surface area (Å²) in [5, 5.41) is 11.6. The third kappa shape index (κ3) is 4.52. The highest BCUT2D eigenvalue weighted by atomic mass is 35.5. The van der Waals surface area contributed by atoms with Gasteiger partial charge < -0.3 is 20.3 Å². The third-order valence-electron chi connectivity index (χ3n) is 4.68. The van der Waals surface area contributed by atoms with Crippen LogP contribution in [0.2, 0.25) is 10.0 Å². The molecular weight excluding hydrogens is 463 g/mol. The van der Waals surface area contributed by atoms with E-state index in [0.29, 0.717) is 23.8 Å². The first-order valence-electron chi connectivity index (χ1n) is 8.46. The number of carbonyl (C=O) groups is 2. The number of rotatable bonds is 5. The van der Waals surface area contributed by atoms with Crippen LogP contribution in [0.4, 0.5) is 5.13 Å². The fourth-order valence-electron chi connectivity index (χ4n) is 3.17. The maximum absolute atomic E-state index is 12.6. The molecule has 0 spiro atoms. The summed E-state index contributed by atoms with van der Waals surface area (Å²) >= 11 is 13.1. The second kappa shape index (κ2) is 8.13. The molecule has 3 heterocycles. The van der Waals surface area contributed by atoms with Gasteiger partial charge in [0.05, 0.1) is 21.5 Å². The SMILES string of the molecule is Cc1[nH]c(C(=O)NC2CCN(c3ncc(C(=O)O)s3)CC2S(C)(=O)=O)c(Cl)c1Cl. The molecule has 1 aliphatic rings. The minimum atomic E-state index is -3.53. The summed E-state index contributed by atoms with van der Waals surface area (Å²) in [6, 6.07) is -0.647. The Morgan fingerprint density at radius 1 is 1.38 bits per heavy atom. The molecular formula is C16H18Cl2N4O5S2. The smallest absolute Gasteiger partial charge is 0.347 e. The van der Waals surface area contributed by atoms with Crippen molar-refractivity contribution in [2.45, 2.75) is 24.6 Å². The van der Waals surface area contributed by atoms with Crippen LogP contribution in [-0.2, 0) is 9.84 Å². The molecule has 29 heavy (non-hydrogen) atoms. The summed E-state index contributed by atoms with van der Waals surface area (Å²) in [6.07, 6.45) is 2.68. The summed E-state index contributed by atoms with van der Waals surface area (Å²) in [5.41, 5.74) is 0.615. The van der Waals surface area contributed by atoms with Gasteiger partial charge in [-0.15, -0.1) is 0 Å². The van der Waals surface area contributed by atoms with Gasteiger partial charge in [0.15, 0.2) is 15.0 Å². The standard InChI is InChI=1S/C16H18Cl2N4O5S2/c1-7-11(17)12(18)13(20-7)14(23)21-8-3-4-22(6-10(8)29(2,26)27)16-19-5-9(28-16)15(24)25/h5,8,10,20H,3-4,6H2,1-2H3,(H,21,23)(H,24,25). The number of aromatic amines is 1. The lowest BCUT2D eigenvalue weighted by Crippen LogP contribution is -2.57. The molecule has 0 aliphatic carbocycles. The van der Waals surface area contributed by atoms with Gasteiger partial charge in [0.2, 0.25) is 0 Å². The minimum absolute atomic E-state index is 0.0694. The molecule has 0 radical (unpaired) electrons. The maximum Gasteiger partial charge on any atom is 0.347 e. The number of carboxylic acids is 1. The highest BCUT2D eigenvalue weighted by molar-refractivity contribution is 7.91. The van der Waals surface area contributed by atoms with E-state index in [-0.39, 0.29) is 27.2 Å². The van der Waals surface area contributed by atoms with Crippen LogP contribution in [0.3, 0.4) is 0 Å². The molecule has 1 amide bonds. The van der Waals surface area contributed by atoms with Crippen molar-refractivity contribution in [3.8, 4) is 0 Å². The van der Waals surface area contributed by atoms with Crippen LogP contribution >= 0.6 is 34.5 Å². The number of anilines is 1. The Morgan fingerprint density at radius 2 is 2.07 bits per heavy atom. The largest absolute Gasteiger partial charge is 0.477 e. The lowest BCUT2D eigenvalue weighted by Gasteiger charge is -2.37. The van der Waals surface area contributed by atoms with E-state index in [0.717, 1.165) is 17.6 Å². The van der Waals surface area contributed by atoms with Gasteiger partial charge in [-0.1, -0.05) is 34.5 Å². The highest BCUT2D eigenvalue weighted by Gasteiger charge is 2.38. The first kappa shape index (κ1) is 21.9. The number of carboxylic acid groups (broad SMARTS) is 1. The van der Waals surface area contributed by atoms with Crippen molar-refractivity contribution in [2.24, 2.45) is 0 Å². The van der Waals surface area contributed by atoms with Gasteiger partial charge in [-0.3, -0.25) is 4.79 Å². The molecule has 1 saturated heterocycles. The lowest BCUT2D eigenvalue weighted by atomic mass is 10.0. The number of H-pyrrole nitrogens is 1. The molecule has 1 fully saturated rings. The summed E-state index contributed by atoms with van der Waals surface area (Å²) in [5.74, 6) is -1.63. The molecule has 1 aliphatic heterocycles.